The molecule has 0 spiro atoms. The van der Waals surface area contributed by atoms with Crippen LogP contribution >= 0.6 is 0 Å². The van der Waals surface area contributed by atoms with Crippen molar-refractivity contribution >= 4 is 11.6 Å². The largest absolute Gasteiger partial charge is 0.573 e. The third kappa shape index (κ3) is 5.75. The highest BCUT2D eigenvalue weighted by atomic mass is 19.4. The van der Waals surface area contributed by atoms with Gasteiger partial charge in [0.05, 0.1) is 0 Å². The Labute approximate surface area is 196 Å². The number of hydrogen-bond donors (Lipinski definition) is 0. The van der Waals surface area contributed by atoms with Crippen LogP contribution in [0.25, 0.3) is 0 Å². The van der Waals surface area contributed by atoms with Gasteiger partial charge in [-0.25, -0.2) is 0 Å². The minimum atomic E-state index is -4.76. The number of alkyl halides is 3. The van der Waals surface area contributed by atoms with Crippen LogP contribution in [0.1, 0.15) is 35.6 Å². The predicted octanol–water partition coefficient (Wildman–Crippen LogP) is 5.66. The fraction of sp³-hybridized carbons (Fsp3) is 0.308. The topological polar surface area (TPSA) is 45.7 Å². The predicted molar refractivity (Wildman–Crippen MR) is 123 cm³/mol. The molecule has 3 aromatic rings. The van der Waals surface area contributed by atoms with Gasteiger partial charge in [0.1, 0.15) is 11.8 Å². The number of nitrogens with zero attached hydrogens (tertiary/aromatic N) is 3. The van der Waals surface area contributed by atoms with E-state index in [1.807, 2.05) is 37.3 Å². The number of rotatable bonds is 8. The molecule has 8 heteroatoms. The zero-order valence-electron chi connectivity index (χ0n) is 19.0. The van der Waals surface area contributed by atoms with E-state index in [-0.39, 0.29) is 17.7 Å². The number of carbonyl (C=O) groups excluding carboxylic acids is 1. The van der Waals surface area contributed by atoms with E-state index in [0.717, 1.165) is 29.7 Å². The van der Waals surface area contributed by atoms with Gasteiger partial charge in [0.15, 0.2) is 0 Å². The average Bonchev–Trinajstić information content (AvgIpc) is 3.64. The Hall–Kier alpha value is -3.39. The molecule has 0 N–H and O–H groups in total. The lowest BCUT2D eigenvalue weighted by atomic mass is 10.0. The van der Waals surface area contributed by atoms with E-state index in [0.29, 0.717) is 12.1 Å². The maximum atomic E-state index is 13.9. The van der Waals surface area contributed by atoms with E-state index >= 15 is 0 Å². The number of benzene rings is 2. The van der Waals surface area contributed by atoms with Crippen LogP contribution < -0.4 is 9.64 Å². The summed E-state index contributed by atoms with van der Waals surface area (Å²) in [6, 6.07) is 16.7. The Morgan fingerprint density at radius 3 is 2.53 bits per heavy atom. The summed E-state index contributed by atoms with van der Waals surface area (Å²) < 4.78 is 42.3. The first kappa shape index (κ1) is 23.8. The first-order chi connectivity index (χ1) is 16.2. The van der Waals surface area contributed by atoms with Crippen molar-refractivity contribution in [2.75, 3.05) is 11.9 Å². The van der Waals surface area contributed by atoms with Gasteiger partial charge in [0.2, 0.25) is 5.91 Å². The highest BCUT2D eigenvalue weighted by Crippen LogP contribution is 2.38. The molecule has 5 nitrogen and oxygen atoms in total. The average molecular weight is 470 g/mol. The zero-order chi connectivity index (χ0) is 24.3. The molecule has 1 amide bonds. The summed E-state index contributed by atoms with van der Waals surface area (Å²) in [5.41, 5.74) is 3.15. The van der Waals surface area contributed by atoms with Crippen molar-refractivity contribution in [1.29, 1.82) is 0 Å². The molecule has 34 heavy (non-hydrogen) atoms. The normalized spacial score (nSPS) is 14.6. The molecule has 0 saturated heterocycles. The van der Waals surface area contributed by atoms with Gasteiger partial charge in [0.25, 0.3) is 0 Å². The molecule has 1 unspecified atom stereocenters. The lowest BCUT2D eigenvalue weighted by Crippen LogP contribution is -2.42. The minimum Gasteiger partial charge on any atom is -0.406 e. The van der Waals surface area contributed by atoms with E-state index in [1.54, 1.807) is 36.5 Å². The molecule has 2 aromatic carbocycles. The molecule has 1 aliphatic carbocycles. The summed E-state index contributed by atoms with van der Waals surface area (Å²) in [5.74, 6) is -0.404. The highest BCUT2D eigenvalue weighted by Gasteiger charge is 2.40. The second-order valence-corrected chi connectivity index (χ2v) is 8.47. The number of pyridine rings is 1. The van der Waals surface area contributed by atoms with E-state index < -0.39 is 12.4 Å². The summed E-state index contributed by atoms with van der Waals surface area (Å²) in [6.45, 7) is 2.25. The summed E-state index contributed by atoms with van der Waals surface area (Å²) in [6.07, 6.45) is 0.384. The molecule has 4 rings (SSSR count). The number of carbonyl (C=O) groups is 1. The fourth-order valence-electron chi connectivity index (χ4n) is 4.14. The van der Waals surface area contributed by atoms with E-state index in [1.165, 1.54) is 18.2 Å². The van der Waals surface area contributed by atoms with E-state index in [4.69, 9.17) is 0 Å². The van der Waals surface area contributed by atoms with Gasteiger partial charge in [-0.15, -0.1) is 13.2 Å². The van der Waals surface area contributed by atoms with Gasteiger partial charge >= 0.3 is 6.36 Å². The Morgan fingerprint density at radius 1 is 1.12 bits per heavy atom. The number of para-hydroxylation sites is 1. The number of aromatic nitrogens is 1. The molecule has 1 heterocycles. The van der Waals surface area contributed by atoms with Gasteiger partial charge in [-0.1, -0.05) is 36.4 Å². The van der Waals surface area contributed by atoms with Crippen LogP contribution in [0.4, 0.5) is 18.9 Å². The molecule has 178 valence electrons. The number of amides is 1. The molecule has 1 atom stereocenters. The molecule has 1 aliphatic rings. The molecule has 0 radical (unpaired) electrons. The first-order valence-corrected chi connectivity index (χ1v) is 11.1. The molecule has 1 fully saturated rings. The Balaban J connectivity index is 1.68. The summed E-state index contributed by atoms with van der Waals surface area (Å²) in [7, 11) is 1.75. The lowest BCUT2D eigenvalue weighted by molar-refractivity contribution is -0.274. The molecule has 1 aromatic heterocycles. The molecule has 1 saturated carbocycles. The van der Waals surface area contributed by atoms with E-state index in [9.17, 15) is 18.0 Å². The lowest BCUT2D eigenvalue weighted by Gasteiger charge is -2.34. The third-order valence-electron chi connectivity index (χ3n) is 5.89. The fourth-order valence-corrected chi connectivity index (χ4v) is 4.14. The number of hydrogen-bond acceptors (Lipinski definition) is 4. The van der Waals surface area contributed by atoms with E-state index in [2.05, 4.69) is 14.6 Å². The molecule has 0 bridgehead atoms. The van der Waals surface area contributed by atoms with Crippen molar-refractivity contribution < 1.29 is 22.7 Å². The maximum absolute atomic E-state index is 13.9. The van der Waals surface area contributed by atoms with Gasteiger partial charge < -0.3 is 9.64 Å². The second-order valence-electron chi connectivity index (χ2n) is 8.47. The number of halogens is 3. The second kappa shape index (κ2) is 9.85. The van der Waals surface area contributed by atoms with Crippen LogP contribution in [0.3, 0.4) is 0 Å². The summed E-state index contributed by atoms with van der Waals surface area (Å²) in [4.78, 5) is 21.8. The third-order valence-corrected chi connectivity index (χ3v) is 5.89. The standard InChI is InChI=1S/C26H26F3N3O2/c1-18-7-3-4-11-23(18)31(2)25(33)24(20-9-6-14-30-16-20)32(21-12-13-21)17-19-8-5-10-22(15-19)34-26(27,28)29/h3-11,14-16,21,24H,12-13,17H2,1-2H3. The van der Waals surface area contributed by atoms with Crippen molar-refractivity contribution in [2.24, 2.45) is 0 Å². The Kier molecular flexibility index (Phi) is 6.88. The van der Waals surface area contributed by atoms with Crippen molar-refractivity contribution in [2.45, 2.75) is 44.8 Å². The van der Waals surface area contributed by atoms with Crippen molar-refractivity contribution in [3.05, 3.63) is 89.7 Å². The monoisotopic (exact) mass is 469 g/mol. The van der Waals surface area contributed by atoms with Crippen LogP contribution in [-0.4, -0.2) is 35.2 Å². The summed E-state index contributed by atoms with van der Waals surface area (Å²) >= 11 is 0. The quantitative estimate of drug-likeness (QED) is 0.427. The first-order valence-electron chi connectivity index (χ1n) is 11.1. The van der Waals surface area contributed by atoms with Crippen LogP contribution in [-0.2, 0) is 11.3 Å². The van der Waals surface area contributed by atoms with Crippen molar-refractivity contribution in [1.82, 2.24) is 9.88 Å². The smallest absolute Gasteiger partial charge is 0.406 e. The van der Waals surface area contributed by atoms with Gasteiger partial charge in [0, 0.05) is 37.7 Å². The van der Waals surface area contributed by atoms with Gasteiger partial charge in [-0.2, -0.15) is 0 Å². The SMILES string of the molecule is Cc1ccccc1N(C)C(=O)C(c1cccnc1)N(Cc1cccc(OC(F)(F)F)c1)C1CC1. The van der Waals surface area contributed by atoms with Crippen LogP contribution in [0, 0.1) is 6.92 Å². The van der Waals surface area contributed by atoms with Gasteiger partial charge in [-0.3, -0.25) is 14.7 Å². The number of anilines is 1. The highest BCUT2D eigenvalue weighted by molar-refractivity contribution is 5.98. The van der Waals surface area contributed by atoms with Crippen LogP contribution in [0.2, 0.25) is 0 Å². The van der Waals surface area contributed by atoms with Crippen LogP contribution in [0.15, 0.2) is 73.1 Å². The zero-order valence-corrected chi connectivity index (χ0v) is 19.0. The Morgan fingerprint density at radius 2 is 1.88 bits per heavy atom. The Bertz CT molecular complexity index is 1130. The minimum absolute atomic E-state index is 0.128. The van der Waals surface area contributed by atoms with Crippen LogP contribution in [0.5, 0.6) is 5.75 Å². The molecular formula is C26H26F3N3O2. The number of ether oxygens (including phenoxy) is 1. The summed E-state index contributed by atoms with van der Waals surface area (Å²) in [5, 5.41) is 0. The van der Waals surface area contributed by atoms with Crippen molar-refractivity contribution in [3.63, 3.8) is 0 Å². The van der Waals surface area contributed by atoms with Crippen molar-refractivity contribution in [3.8, 4) is 5.75 Å². The molecule has 0 aliphatic heterocycles. The maximum Gasteiger partial charge on any atom is 0.573 e. The number of likely N-dealkylation sites (N-methyl/N-ethyl adjacent to an activating group) is 1. The van der Waals surface area contributed by atoms with Gasteiger partial charge in [-0.05, 0) is 60.7 Å². The molecular weight excluding hydrogens is 443 g/mol. The number of aryl methyl sites for hydroxylation is 1.